The van der Waals surface area contributed by atoms with Crippen molar-refractivity contribution in [3.8, 4) is 17.2 Å². The molecule has 0 spiro atoms. The van der Waals surface area contributed by atoms with Crippen molar-refractivity contribution < 1.29 is 5.11 Å². The van der Waals surface area contributed by atoms with Crippen LogP contribution in [0.2, 0.25) is 0 Å². The Morgan fingerprint density at radius 2 is 2.09 bits per heavy atom. The van der Waals surface area contributed by atoms with Crippen LogP contribution >= 0.6 is 0 Å². The molecular formula is C17H20N4O. The number of hydrogen-bond donors (Lipinski definition) is 2. The molecule has 1 aromatic carbocycles. The van der Waals surface area contributed by atoms with Crippen molar-refractivity contribution in [3.05, 3.63) is 47.7 Å². The van der Waals surface area contributed by atoms with E-state index in [0.29, 0.717) is 5.56 Å². The smallest absolute Gasteiger partial charge is 0.125 e. The van der Waals surface area contributed by atoms with E-state index < -0.39 is 0 Å². The van der Waals surface area contributed by atoms with Gasteiger partial charge in [-0.15, -0.1) is 0 Å². The number of nitrogens with one attached hydrogen (secondary N) is 1. The number of nitriles is 1. The number of rotatable bonds is 6. The van der Waals surface area contributed by atoms with Crippen LogP contribution in [0.25, 0.3) is 11.1 Å². The minimum atomic E-state index is -0.103. The Morgan fingerprint density at radius 1 is 1.27 bits per heavy atom. The topological polar surface area (TPSA) is 72.2 Å². The minimum Gasteiger partial charge on any atom is -0.392 e. The van der Waals surface area contributed by atoms with Crippen LogP contribution in [-0.4, -0.2) is 42.2 Å². The quantitative estimate of drug-likeness (QED) is 0.854. The molecule has 5 nitrogen and oxygen atoms in total. The second-order valence-corrected chi connectivity index (χ2v) is 5.30. The van der Waals surface area contributed by atoms with E-state index in [1.54, 1.807) is 18.3 Å². The maximum absolute atomic E-state index is 9.48. The normalized spacial score (nSPS) is 10.5. The second kappa shape index (κ2) is 7.55. The fourth-order valence-corrected chi connectivity index (χ4v) is 2.14. The third-order valence-corrected chi connectivity index (χ3v) is 3.34. The van der Waals surface area contributed by atoms with Crippen LogP contribution in [0.15, 0.2) is 36.5 Å². The maximum atomic E-state index is 9.48. The van der Waals surface area contributed by atoms with Gasteiger partial charge in [0.15, 0.2) is 0 Å². The van der Waals surface area contributed by atoms with Crippen molar-refractivity contribution in [1.29, 1.82) is 5.26 Å². The van der Waals surface area contributed by atoms with Gasteiger partial charge in [0.2, 0.25) is 0 Å². The maximum Gasteiger partial charge on any atom is 0.125 e. The van der Waals surface area contributed by atoms with E-state index in [0.717, 1.165) is 35.6 Å². The van der Waals surface area contributed by atoms with Crippen LogP contribution in [0.3, 0.4) is 0 Å². The Hall–Kier alpha value is -2.42. The lowest BCUT2D eigenvalue weighted by Crippen LogP contribution is -2.21. The molecule has 2 rings (SSSR count). The zero-order valence-electron chi connectivity index (χ0n) is 12.9. The second-order valence-electron chi connectivity index (χ2n) is 5.30. The third kappa shape index (κ3) is 4.04. The number of likely N-dealkylation sites (N-methyl/N-ethyl adjacent to an activating group) is 1. The number of aromatic nitrogens is 1. The summed E-state index contributed by atoms with van der Waals surface area (Å²) in [5, 5.41) is 21.7. The highest BCUT2D eigenvalue weighted by Gasteiger charge is 2.06. The lowest BCUT2D eigenvalue weighted by Gasteiger charge is -2.12. The molecule has 1 heterocycles. The van der Waals surface area contributed by atoms with E-state index in [1.807, 2.05) is 32.3 Å². The summed E-state index contributed by atoms with van der Waals surface area (Å²) in [6.45, 7) is 1.67. The number of benzene rings is 1. The standard InChI is InChI=1S/C17H20N4O/c1-21(2)8-7-19-17-6-4-14(11-20-17)16-5-3-13(10-18)9-15(16)12-22/h3-6,9,11,22H,7-8,12H2,1-2H3,(H,19,20). The molecule has 0 radical (unpaired) electrons. The molecule has 2 aromatic rings. The molecule has 0 aliphatic rings. The van der Waals surface area contributed by atoms with Crippen LogP contribution in [0, 0.1) is 11.3 Å². The van der Waals surface area contributed by atoms with Gasteiger partial charge in [0.1, 0.15) is 5.82 Å². The predicted octanol–water partition coefficient (Wildman–Crippen LogP) is 2.09. The zero-order chi connectivity index (χ0) is 15.9. The molecule has 1 aromatic heterocycles. The lowest BCUT2D eigenvalue weighted by molar-refractivity contribution is 0.282. The van der Waals surface area contributed by atoms with Gasteiger partial charge < -0.3 is 15.3 Å². The summed E-state index contributed by atoms with van der Waals surface area (Å²) < 4.78 is 0. The summed E-state index contributed by atoms with van der Waals surface area (Å²) in [7, 11) is 4.05. The van der Waals surface area contributed by atoms with Crippen LogP contribution < -0.4 is 5.32 Å². The molecular weight excluding hydrogens is 276 g/mol. The van der Waals surface area contributed by atoms with Crippen molar-refractivity contribution in [2.24, 2.45) is 0 Å². The fraction of sp³-hybridized carbons (Fsp3) is 0.294. The number of hydrogen-bond acceptors (Lipinski definition) is 5. The number of pyridine rings is 1. The Bertz CT molecular complexity index is 659. The summed E-state index contributed by atoms with van der Waals surface area (Å²) in [4.78, 5) is 6.50. The van der Waals surface area contributed by atoms with Crippen molar-refractivity contribution >= 4 is 5.82 Å². The summed E-state index contributed by atoms with van der Waals surface area (Å²) >= 11 is 0. The van der Waals surface area contributed by atoms with E-state index in [9.17, 15) is 5.11 Å². The molecule has 0 atom stereocenters. The average molecular weight is 296 g/mol. The highest BCUT2D eigenvalue weighted by Crippen LogP contribution is 2.25. The summed E-state index contributed by atoms with van der Waals surface area (Å²) in [5.74, 6) is 0.824. The number of anilines is 1. The summed E-state index contributed by atoms with van der Waals surface area (Å²) in [6, 6.07) is 11.3. The number of nitrogens with zero attached hydrogens (tertiary/aromatic N) is 3. The van der Waals surface area contributed by atoms with Gasteiger partial charge in [-0.25, -0.2) is 4.98 Å². The van der Waals surface area contributed by atoms with Gasteiger partial charge >= 0.3 is 0 Å². The predicted molar refractivity (Wildman–Crippen MR) is 87.4 cm³/mol. The highest BCUT2D eigenvalue weighted by atomic mass is 16.3. The largest absolute Gasteiger partial charge is 0.392 e. The molecule has 0 aliphatic heterocycles. The van der Waals surface area contributed by atoms with Gasteiger partial charge in [0.25, 0.3) is 0 Å². The van der Waals surface area contributed by atoms with Crippen molar-refractivity contribution in [3.63, 3.8) is 0 Å². The first-order valence-electron chi connectivity index (χ1n) is 7.13. The fourth-order valence-electron chi connectivity index (χ4n) is 2.14. The Morgan fingerprint density at radius 3 is 2.68 bits per heavy atom. The molecule has 0 fully saturated rings. The van der Waals surface area contributed by atoms with E-state index >= 15 is 0 Å². The van der Waals surface area contributed by atoms with Crippen molar-refractivity contribution in [2.75, 3.05) is 32.5 Å². The lowest BCUT2D eigenvalue weighted by atomic mass is 9.99. The van der Waals surface area contributed by atoms with Gasteiger partial charge in [-0.2, -0.15) is 5.26 Å². The monoisotopic (exact) mass is 296 g/mol. The first-order valence-corrected chi connectivity index (χ1v) is 7.13. The molecule has 0 bridgehead atoms. The first kappa shape index (κ1) is 16.0. The SMILES string of the molecule is CN(C)CCNc1ccc(-c2ccc(C#N)cc2CO)cn1. The van der Waals surface area contributed by atoms with Gasteiger partial charge in [0, 0.05) is 24.8 Å². The summed E-state index contributed by atoms with van der Waals surface area (Å²) in [6.07, 6.45) is 1.78. The van der Waals surface area contributed by atoms with Gasteiger partial charge in [-0.1, -0.05) is 6.07 Å². The average Bonchev–Trinajstić information content (AvgIpc) is 2.54. The third-order valence-electron chi connectivity index (χ3n) is 3.34. The molecule has 0 saturated heterocycles. The van der Waals surface area contributed by atoms with Crippen LogP contribution in [-0.2, 0) is 6.61 Å². The van der Waals surface area contributed by atoms with E-state index in [-0.39, 0.29) is 6.61 Å². The van der Waals surface area contributed by atoms with Crippen LogP contribution in [0.5, 0.6) is 0 Å². The Kier molecular flexibility index (Phi) is 5.48. The van der Waals surface area contributed by atoms with Gasteiger partial charge in [-0.3, -0.25) is 0 Å². The molecule has 0 unspecified atom stereocenters. The van der Waals surface area contributed by atoms with Crippen LogP contribution in [0.4, 0.5) is 5.82 Å². The van der Waals surface area contributed by atoms with E-state index in [2.05, 4.69) is 21.3 Å². The van der Waals surface area contributed by atoms with Crippen molar-refractivity contribution in [2.45, 2.75) is 6.61 Å². The van der Waals surface area contributed by atoms with Gasteiger partial charge in [0.05, 0.1) is 18.2 Å². The molecule has 114 valence electrons. The number of aliphatic hydroxyl groups is 1. The highest BCUT2D eigenvalue weighted by molar-refractivity contribution is 5.68. The molecule has 0 aliphatic carbocycles. The van der Waals surface area contributed by atoms with E-state index in [4.69, 9.17) is 5.26 Å². The summed E-state index contributed by atoms with van der Waals surface area (Å²) in [5.41, 5.74) is 3.09. The molecule has 0 saturated carbocycles. The molecule has 2 N–H and O–H groups in total. The molecule has 22 heavy (non-hydrogen) atoms. The van der Waals surface area contributed by atoms with E-state index in [1.165, 1.54) is 0 Å². The van der Waals surface area contributed by atoms with Crippen molar-refractivity contribution in [1.82, 2.24) is 9.88 Å². The zero-order valence-corrected chi connectivity index (χ0v) is 12.9. The minimum absolute atomic E-state index is 0.103. The number of aliphatic hydroxyl groups excluding tert-OH is 1. The first-order chi connectivity index (χ1) is 10.6. The van der Waals surface area contributed by atoms with Crippen LogP contribution in [0.1, 0.15) is 11.1 Å². The Balaban J connectivity index is 2.15. The molecule has 5 heteroatoms. The molecule has 0 amide bonds. The van der Waals surface area contributed by atoms with Gasteiger partial charge in [-0.05, 0) is 49.5 Å². The Labute approximate surface area is 130 Å².